The van der Waals surface area contributed by atoms with Crippen molar-refractivity contribution in [1.82, 2.24) is 9.97 Å². The maximum Gasteiger partial charge on any atom is 0.249 e. The van der Waals surface area contributed by atoms with E-state index in [0.717, 1.165) is 11.1 Å². The van der Waals surface area contributed by atoms with Crippen molar-refractivity contribution in [1.29, 1.82) is 0 Å². The zero-order valence-corrected chi connectivity index (χ0v) is 12.4. The predicted octanol–water partition coefficient (Wildman–Crippen LogP) is 3.52. The van der Waals surface area contributed by atoms with Gasteiger partial charge >= 0.3 is 0 Å². The number of halogens is 1. The Morgan fingerprint density at radius 2 is 1.75 bits per heavy atom. The Morgan fingerprint density at radius 1 is 1.15 bits per heavy atom. The first-order valence-electron chi connectivity index (χ1n) is 6.20. The fourth-order valence-electron chi connectivity index (χ4n) is 1.85. The van der Waals surface area contributed by atoms with Crippen molar-refractivity contribution >= 4 is 17.3 Å². The minimum absolute atomic E-state index is 0.275. The van der Waals surface area contributed by atoms with Gasteiger partial charge in [-0.2, -0.15) is 9.97 Å². The van der Waals surface area contributed by atoms with Gasteiger partial charge in [0.15, 0.2) is 5.69 Å². The molecule has 0 saturated carbocycles. The van der Waals surface area contributed by atoms with Crippen molar-refractivity contribution in [3.05, 3.63) is 34.6 Å². The summed E-state index contributed by atoms with van der Waals surface area (Å²) in [5.41, 5.74) is 8.04. The highest BCUT2D eigenvalue weighted by Gasteiger charge is 2.14. The SMILES string of the molecule is CCOc1ncnc(Oc2c(C)cc(Cl)cc2C)c1N. The van der Waals surface area contributed by atoms with Crippen molar-refractivity contribution in [3.63, 3.8) is 0 Å². The van der Waals surface area contributed by atoms with Crippen LogP contribution in [0.15, 0.2) is 18.5 Å². The number of hydrogen-bond donors (Lipinski definition) is 1. The van der Waals surface area contributed by atoms with Crippen LogP contribution in [-0.4, -0.2) is 16.6 Å². The van der Waals surface area contributed by atoms with Crippen LogP contribution in [0.25, 0.3) is 0 Å². The number of nitrogens with two attached hydrogens (primary N) is 1. The van der Waals surface area contributed by atoms with Gasteiger partial charge in [0.1, 0.15) is 12.1 Å². The van der Waals surface area contributed by atoms with Crippen molar-refractivity contribution in [2.75, 3.05) is 12.3 Å². The molecule has 0 unspecified atom stereocenters. The van der Waals surface area contributed by atoms with E-state index in [0.29, 0.717) is 23.3 Å². The number of ether oxygens (including phenoxy) is 2. The van der Waals surface area contributed by atoms with Crippen molar-refractivity contribution in [2.24, 2.45) is 0 Å². The van der Waals surface area contributed by atoms with Crippen LogP contribution in [0.3, 0.4) is 0 Å². The van der Waals surface area contributed by atoms with Gasteiger partial charge in [0.05, 0.1) is 6.61 Å². The monoisotopic (exact) mass is 293 g/mol. The second kappa shape index (κ2) is 5.96. The summed E-state index contributed by atoms with van der Waals surface area (Å²) in [6.45, 7) is 6.15. The zero-order valence-electron chi connectivity index (χ0n) is 11.6. The summed E-state index contributed by atoms with van der Waals surface area (Å²) >= 11 is 6.00. The molecule has 0 saturated heterocycles. The maximum absolute atomic E-state index is 6.00. The number of anilines is 1. The molecule has 0 aliphatic heterocycles. The molecular formula is C14H16ClN3O2. The van der Waals surface area contributed by atoms with Crippen LogP contribution in [0, 0.1) is 13.8 Å². The van der Waals surface area contributed by atoms with Crippen LogP contribution in [0.1, 0.15) is 18.1 Å². The van der Waals surface area contributed by atoms with Gasteiger partial charge < -0.3 is 15.2 Å². The van der Waals surface area contributed by atoms with Gasteiger partial charge in [-0.1, -0.05) is 11.6 Å². The summed E-state index contributed by atoms with van der Waals surface area (Å²) in [5.74, 6) is 1.28. The first kappa shape index (κ1) is 14.4. The standard InChI is InChI=1S/C14H16ClN3O2/c1-4-19-13-11(16)14(18-7-17-13)20-12-8(2)5-10(15)6-9(12)3/h5-7H,4,16H2,1-3H3. The minimum atomic E-state index is 0.275. The third-order valence-corrected chi connectivity index (χ3v) is 2.93. The zero-order chi connectivity index (χ0) is 14.7. The van der Waals surface area contributed by atoms with Gasteiger partial charge in [-0.05, 0) is 44.0 Å². The molecule has 0 amide bonds. The Balaban J connectivity index is 2.38. The minimum Gasteiger partial charge on any atom is -0.476 e. The Morgan fingerprint density at radius 3 is 2.35 bits per heavy atom. The Hall–Kier alpha value is -2.01. The van der Waals surface area contributed by atoms with Gasteiger partial charge in [0, 0.05) is 5.02 Å². The quantitative estimate of drug-likeness (QED) is 0.934. The topological polar surface area (TPSA) is 70.3 Å². The van der Waals surface area contributed by atoms with Gasteiger partial charge in [-0.3, -0.25) is 0 Å². The molecule has 0 radical (unpaired) electrons. The van der Waals surface area contributed by atoms with Crippen LogP contribution in [0.2, 0.25) is 5.02 Å². The Labute approximate surface area is 122 Å². The molecule has 0 spiro atoms. The molecule has 106 valence electrons. The van der Waals surface area contributed by atoms with Gasteiger partial charge in [-0.15, -0.1) is 0 Å². The number of rotatable bonds is 4. The highest BCUT2D eigenvalue weighted by molar-refractivity contribution is 6.30. The average molecular weight is 294 g/mol. The lowest BCUT2D eigenvalue weighted by molar-refractivity contribution is 0.325. The number of nitrogens with zero attached hydrogens (tertiary/aromatic N) is 2. The summed E-state index contributed by atoms with van der Waals surface area (Å²) in [5, 5.41) is 0.665. The molecule has 5 nitrogen and oxygen atoms in total. The van der Waals surface area contributed by atoms with E-state index in [-0.39, 0.29) is 11.6 Å². The lowest BCUT2D eigenvalue weighted by Gasteiger charge is -2.14. The molecule has 0 aliphatic rings. The van der Waals surface area contributed by atoms with Crippen LogP contribution >= 0.6 is 11.6 Å². The number of nitrogen functional groups attached to an aromatic ring is 1. The van der Waals surface area contributed by atoms with Gasteiger partial charge in [0.25, 0.3) is 0 Å². The number of aromatic nitrogens is 2. The summed E-state index contributed by atoms with van der Waals surface area (Å²) in [4.78, 5) is 8.02. The van der Waals surface area contributed by atoms with Crippen molar-refractivity contribution < 1.29 is 9.47 Å². The third kappa shape index (κ3) is 2.93. The molecule has 1 aromatic carbocycles. The molecule has 0 aliphatic carbocycles. The molecule has 6 heteroatoms. The highest BCUT2D eigenvalue weighted by atomic mass is 35.5. The number of benzene rings is 1. The molecule has 1 heterocycles. The van der Waals surface area contributed by atoms with Crippen LogP contribution in [0.4, 0.5) is 5.69 Å². The van der Waals surface area contributed by atoms with E-state index in [1.54, 1.807) is 0 Å². The average Bonchev–Trinajstić information content (AvgIpc) is 2.38. The number of hydrogen-bond acceptors (Lipinski definition) is 5. The third-order valence-electron chi connectivity index (χ3n) is 2.72. The first-order valence-corrected chi connectivity index (χ1v) is 6.58. The van der Waals surface area contributed by atoms with E-state index in [1.807, 2.05) is 32.9 Å². The van der Waals surface area contributed by atoms with Crippen molar-refractivity contribution in [2.45, 2.75) is 20.8 Å². The lowest BCUT2D eigenvalue weighted by atomic mass is 10.1. The largest absolute Gasteiger partial charge is 0.476 e. The fraction of sp³-hybridized carbons (Fsp3) is 0.286. The Kier molecular flexibility index (Phi) is 4.29. The highest BCUT2D eigenvalue weighted by Crippen LogP contribution is 2.35. The molecule has 20 heavy (non-hydrogen) atoms. The Bertz CT molecular complexity index is 609. The van der Waals surface area contributed by atoms with Gasteiger partial charge in [0.2, 0.25) is 11.8 Å². The van der Waals surface area contributed by atoms with E-state index >= 15 is 0 Å². The molecule has 2 aromatic rings. The van der Waals surface area contributed by atoms with Crippen LogP contribution < -0.4 is 15.2 Å². The smallest absolute Gasteiger partial charge is 0.249 e. The van der Waals surface area contributed by atoms with Crippen LogP contribution in [0.5, 0.6) is 17.5 Å². The molecule has 0 atom stereocenters. The summed E-state index contributed by atoms with van der Waals surface area (Å²) in [6.07, 6.45) is 1.36. The fourth-order valence-corrected chi connectivity index (χ4v) is 2.18. The number of aryl methyl sites for hydroxylation is 2. The molecular weight excluding hydrogens is 278 g/mol. The van der Waals surface area contributed by atoms with E-state index < -0.39 is 0 Å². The van der Waals surface area contributed by atoms with E-state index in [9.17, 15) is 0 Å². The van der Waals surface area contributed by atoms with Crippen molar-refractivity contribution in [3.8, 4) is 17.5 Å². The first-order chi connectivity index (χ1) is 9.52. The van der Waals surface area contributed by atoms with E-state index in [1.165, 1.54) is 6.33 Å². The van der Waals surface area contributed by atoms with E-state index in [2.05, 4.69) is 9.97 Å². The molecule has 1 aromatic heterocycles. The second-order valence-corrected chi connectivity index (χ2v) is 4.74. The summed E-state index contributed by atoms with van der Waals surface area (Å²) < 4.78 is 11.1. The summed E-state index contributed by atoms with van der Waals surface area (Å²) in [6, 6.07) is 3.65. The normalized spacial score (nSPS) is 10.4. The maximum atomic E-state index is 6.00. The molecule has 2 N–H and O–H groups in total. The molecule has 2 rings (SSSR count). The molecule has 0 bridgehead atoms. The lowest BCUT2D eigenvalue weighted by Crippen LogP contribution is -2.03. The van der Waals surface area contributed by atoms with Crippen LogP contribution in [-0.2, 0) is 0 Å². The molecule has 0 fully saturated rings. The second-order valence-electron chi connectivity index (χ2n) is 4.30. The van der Waals surface area contributed by atoms with E-state index in [4.69, 9.17) is 26.8 Å². The predicted molar refractivity (Wildman–Crippen MR) is 78.6 cm³/mol. The van der Waals surface area contributed by atoms with Gasteiger partial charge in [-0.25, -0.2) is 0 Å². The summed E-state index contributed by atoms with van der Waals surface area (Å²) in [7, 11) is 0.